The van der Waals surface area contributed by atoms with Gasteiger partial charge in [0.05, 0.1) is 12.2 Å². The third-order valence-corrected chi connectivity index (χ3v) is 5.26. The molecule has 1 heterocycles. The highest BCUT2D eigenvalue weighted by molar-refractivity contribution is 7.90. The van der Waals surface area contributed by atoms with Gasteiger partial charge in [-0.25, -0.2) is 4.39 Å². The van der Waals surface area contributed by atoms with Gasteiger partial charge in [-0.15, -0.1) is 6.58 Å². The molecular formula is C19H19F4N3O4S. The Morgan fingerprint density at radius 3 is 2.52 bits per heavy atom. The molecule has 1 amide bonds. The fraction of sp³-hybridized carbons (Fsp3) is 0.263. The second-order valence-corrected chi connectivity index (χ2v) is 8.24. The summed E-state index contributed by atoms with van der Waals surface area (Å²) in [5.41, 5.74) is -1.46. The van der Waals surface area contributed by atoms with E-state index in [9.17, 15) is 30.8 Å². The standard InChI is InChI=1S/C19H19F4N3O4S/c1-11(2)7-8-30-17-15(31(28,29)24-3)10-26(4)16(17)18(27)25-12-5-6-14(20)13(9-12)19(21,22)23/h5-6,9-10H,1,3,7-8H2,2,4H3,(H,25,27). The Hall–Kier alpha value is -3.15. The Morgan fingerprint density at radius 1 is 1.32 bits per heavy atom. The minimum absolute atomic E-state index is 0.0198. The molecule has 0 radical (unpaired) electrons. The molecule has 0 atom stereocenters. The predicted molar refractivity (Wildman–Crippen MR) is 106 cm³/mol. The second kappa shape index (κ2) is 8.92. The van der Waals surface area contributed by atoms with E-state index in [2.05, 4.69) is 23.0 Å². The van der Waals surface area contributed by atoms with Crippen LogP contribution in [0.3, 0.4) is 0 Å². The summed E-state index contributed by atoms with van der Waals surface area (Å²) in [5, 5.41) is 2.20. The van der Waals surface area contributed by atoms with Crippen LogP contribution in [0.2, 0.25) is 0 Å². The van der Waals surface area contributed by atoms with Crippen molar-refractivity contribution >= 4 is 28.3 Å². The van der Waals surface area contributed by atoms with Gasteiger partial charge in [-0.1, -0.05) is 5.57 Å². The first-order chi connectivity index (χ1) is 14.3. The zero-order valence-electron chi connectivity index (χ0n) is 16.6. The highest BCUT2D eigenvalue weighted by atomic mass is 32.2. The van der Waals surface area contributed by atoms with Gasteiger partial charge in [0, 0.05) is 32.1 Å². The minimum atomic E-state index is -4.97. The number of halogens is 4. The van der Waals surface area contributed by atoms with Crippen LogP contribution in [0.1, 0.15) is 29.4 Å². The summed E-state index contributed by atoms with van der Waals surface area (Å²) in [6.45, 7) is 8.39. The first kappa shape index (κ1) is 24.1. The van der Waals surface area contributed by atoms with Gasteiger partial charge < -0.3 is 14.6 Å². The molecule has 168 valence electrons. The number of benzene rings is 1. The van der Waals surface area contributed by atoms with Crippen LogP contribution in [-0.4, -0.2) is 32.2 Å². The highest BCUT2D eigenvalue weighted by Crippen LogP contribution is 2.35. The van der Waals surface area contributed by atoms with Crippen molar-refractivity contribution in [3.05, 3.63) is 53.6 Å². The molecule has 0 saturated carbocycles. The molecule has 0 aliphatic carbocycles. The number of aromatic nitrogens is 1. The van der Waals surface area contributed by atoms with Gasteiger partial charge in [0.15, 0.2) is 11.4 Å². The van der Waals surface area contributed by atoms with Crippen molar-refractivity contribution < 1.29 is 35.5 Å². The second-order valence-electron chi connectivity index (χ2n) is 6.59. The maximum atomic E-state index is 13.5. The van der Waals surface area contributed by atoms with E-state index in [0.29, 0.717) is 18.6 Å². The Labute approximate surface area is 176 Å². The monoisotopic (exact) mass is 461 g/mol. The summed E-state index contributed by atoms with van der Waals surface area (Å²) in [4.78, 5) is 12.3. The van der Waals surface area contributed by atoms with Crippen LogP contribution in [0.15, 0.2) is 45.8 Å². The third kappa shape index (κ3) is 5.51. The van der Waals surface area contributed by atoms with Crippen molar-refractivity contribution in [3.63, 3.8) is 0 Å². The Bertz CT molecular complexity index is 1140. The molecule has 0 spiro atoms. The van der Waals surface area contributed by atoms with Crippen molar-refractivity contribution in [3.8, 4) is 5.75 Å². The van der Waals surface area contributed by atoms with Crippen LogP contribution < -0.4 is 10.1 Å². The molecule has 1 N–H and O–H groups in total. The molecule has 7 nitrogen and oxygen atoms in total. The zero-order valence-corrected chi connectivity index (χ0v) is 17.4. The number of carbonyl (C=O) groups is 1. The van der Waals surface area contributed by atoms with Crippen LogP contribution in [0.5, 0.6) is 5.75 Å². The highest BCUT2D eigenvalue weighted by Gasteiger charge is 2.35. The summed E-state index contributed by atoms with van der Waals surface area (Å²) in [7, 11) is -2.91. The first-order valence-corrected chi connectivity index (χ1v) is 10.1. The molecule has 0 unspecified atom stereocenters. The molecule has 2 rings (SSSR count). The molecule has 0 aliphatic heterocycles. The fourth-order valence-electron chi connectivity index (χ4n) is 2.57. The van der Waals surface area contributed by atoms with Crippen LogP contribution in [0.25, 0.3) is 0 Å². The summed E-state index contributed by atoms with van der Waals surface area (Å²) in [6.07, 6.45) is -3.55. The van der Waals surface area contributed by atoms with Crippen LogP contribution in [0.4, 0.5) is 23.2 Å². The zero-order chi connectivity index (χ0) is 23.6. The normalized spacial score (nSPS) is 11.8. The maximum absolute atomic E-state index is 13.5. The lowest BCUT2D eigenvalue weighted by molar-refractivity contribution is -0.139. The van der Waals surface area contributed by atoms with Crippen LogP contribution >= 0.6 is 0 Å². The molecule has 1 aromatic carbocycles. The lowest BCUT2D eigenvalue weighted by Gasteiger charge is -2.13. The van der Waals surface area contributed by atoms with Crippen molar-refractivity contribution in [1.82, 2.24) is 4.57 Å². The first-order valence-electron chi connectivity index (χ1n) is 8.65. The molecular weight excluding hydrogens is 442 g/mol. The SMILES string of the molecule is C=NS(=O)(=O)c1cn(C)c(C(=O)Nc2ccc(F)c(C(F)(F)F)c2)c1OCCC(=C)C. The quantitative estimate of drug-likeness (QED) is 0.363. The van der Waals surface area contributed by atoms with Crippen molar-refractivity contribution in [1.29, 1.82) is 0 Å². The average molecular weight is 461 g/mol. The number of aryl methyl sites for hydroxylation is 1. The fourth-order valence-corrected chi connectivity index (χ4v) is 3.39. The van der Waals surface area contributed by atoms with Crippen LogP contribution in [0, 0.1) is 5.82 Å². The summed E-state index contributed by atoms with van der Waals surface area (Å²) in [6, 6.07) is 1.93. The smallest absolute Gasteiger partial charge is 0.419 e. The van der Waals surface area contributed by atoms with E-state index in [4.69, 9.17) is 4.74 Å². The molecule has 2 aromatic rings. The van der Waals surface area contributed by atoms with Crippen molar-refractivity contribution in [2.75, 3.05) is 11.9 Å². The molecule has 31 heavy (non-hydrogen) atoms. The number of ether oxygens (including phenoxy) is 1. The number of nitrogens with zero attached hydrogens (tertiary/aromatic N) is 2. The van der Waals surface area contributed by atoms with Gasteiger partial charge in [0.2, 0.25) is 0 Å². The van der Waals surface area contributed by atoms with E-state index in [0.717, 1.165) is 22.4 Å². The van der Waals surface area contributed by atoms with Gasteiger partial charge >= 0.3 is 6.18 Å². The topological polar surface area (TPSA) is 89.8 Å². The van der Waals surface area contributed by atoms with Gasteiger partial charge in [-0.2, -0.15) is 26.0 Å². The minimum Gasteiger partial charge on any atom is -0.489 e. The van der Waals surface area contributed by atoms with Crippen LogP contribution in [-0.2, 0) is 23.2 Å². The molecule has 12 heteroatoms. The van der Waals surface area contributed by atoms with Crippen molar-refractivity contribution in [2.24, 2.45) is 11.4 Å². The Kier molecular flexibility index (Phi) is 6.94. The lowest BCUT2D eigenvalue weighted by Crippen LogP contribution is -2.18. The number of alkyl halides is 3. The molecule has 1 aromatic heterocycles. The van der Waals surface area contributed by atoms with Gasteiger partial charge in [0.1, 0.15) is 10.7 Å². The molecule has 0 fully saturated rings. The average Bonchev–Trinajstić information content (AvgIpc) is 2.99. The van der Waals surface area contributed by atoms with E-state index in [1.165, 1.54) is 7.05 Å². The maximum Gasteiger partial charge on any atom is 0.419 e. The van der Waals surface area contributed by atoms with Gasteiger partial charge in [0.25, 0.3) is 15.9 Å². The largest absolute Gasteiger partial charge is 0.489 e. The van der Waals surface area contributed by atoms with E-state index in [1.54, 1.807) is 6.92 Å². The summed E-state index contributed by atoms with van der Waals surface area (Å²) in [5.74, 6) is -2.82. The number of carbonyl (C=O) groups excluding carboxylic acids is 1. The molecule has 0 saturated heterocycles. The molecule has 0 bridgehead atoms. The predicted octanol–water partition coefficient (Wildman–Crippen LogP) is 4.17. The number of rotatable bonds is 8. The number of hydrogen-bond donors (Lipinski definition) is 1. The summed E-state index contributed by atoms with van der Waals surface area (Å²) < 4.78 is 86.4. The van der Waals surface area contributed by atoms with E-state index >= 15 is 0 Å². The number of anilines is 1. The number of sulfonamides is 1. The number of hydrogen-bond acceptors (Lipinski definition) is 4. The van der Waals surface area contributed by atoms with Crippen molar-refractivity contribution in [2.45, 2.75) is 24.4 Å². The molecule has 0 aliphatic rings. The summed E-state index contributed by atoms with van der Waals surface area (Å²) >= 11 is 0. The van der Waals surface area contributed by atoms with E-state index < -0.39 is 38.4 Å². The van der Waals surface area contributed by atoms with E-state index in [1.807, 2.05) is 0 Å². The Balaban J connectivity index is 2.48. The Morgan fingerprint density at radius 2 is 1.97 bits per heavy atom. The third-order valence-electron chi connectivity index (χ3n) is 4.07. The van der Waals surface area contributed by atoms with Gasteiger partial charge in [-0.3, -0.25) is 4.79 Å². The lowest BCUT2D eigenvalue weighted by atomic mass is 10.1. The van der Waals surface area contributed by atoms with E-state index in [-0.39, 0.29) is 23.7 Å². The number of nitrogens with one attached hydrogen (secondary N) is 1. The van der Waals surface area contributed by atoms with Gasteiger partial charge in [-0.05, 0) is 25.1 Å². The number of amides is 1.